The Morgan fingerprint density at radius 1 is 1.00 bits per heavy atom. The van der Waals surface area contributed by atoms with Crippen LogP contribution in [-0.4, -0.2) is 40.6 Å². The number of hydrogen-bond donors (Lipinski definition) is 1. The Morgan fingerprint density at radius 3 is 2.70 bits per heavy atom. The van der Waals surface area contributed by atoms with Crippen LogP contribution in [-0.2, 0) is 13.1 Å². The predicted octanol–water partition coefficient (Wildman–Crippen LogP) is 4.31. The van der Waals surface area contributed by atoms with Crippen LogP contribution in [0.25, 0.3) is 11.0 Å². The normalized spacial score (nSPS) is 15.4. The zero-order valence-electron chi connectivity index (χ0n) is 15.7. The molecule has 1 saturated heterocycles. The van der Waals surface area contributed by atoms with Crippen molar-refractivity contribution in [1.82, 2.24) is 19.8 Å². The molecular formula is C22H27ClN4. The number of benzene rings is 2. The first-order valence-electron chi connectivity index (χ1n) is 9.91. The summed E-state index contributed by atoms with van der Waals surface area (Å²) in [7, 11) is 0. The maximum absolute atomic E-state index is 6.18. The lowest BCUT2D eigenvalue weighted by atomic mass is 10.1. The summed E-state index contributed by atoms with van der Waals surface area (Å²) >= 11 is 6.18. The number of halogens is 1. The second-order valence-corrected chi connectivity index (χ2v) is 7.75. The molecule has 0 amide bonds. The van der Waals surface area contributed by atoms with E-state index in [-0.39, 0.29) is 0 Å². The molecule has 0 spiro atoms. The molecular weight excluding hydrogens is 356 g/mol. The molecule has 4 rings (SSSR count). The number of aromatic nitrogens is 2. The van der Waals surface area contributed by atoms with Crippen molar-refractivity contribution in [1.29, 1.82) is 0 Å². The number of piperidine rings is 1. The standard InChI is InChI=1S/C22H27ClN4/c23-19-8-6-7-18(15-19)17-27-21-10-3-2-9-20(21)25-22(27)16-24-11-14-26-12-4-1-5-13-26/h2-3,6-10,15,24H,1,4-5,11-14,16-17H2. The zero-order valence-corrected chi connectivity index (χ0v) is 16.5. The number of para-hydroxylation sites is 2. The van der Waals surface area contributed by atoms with Crippen molar-refractivity contribution >= 4 is 22.6 Å². The minimum absolute atomic E-state index is 0.776. The first-order valence-corrected chi connectivity index (χ1v) is 10.3. The molecule has 5 heteroatoms. The van der Waals surface area contributed by atoms with E-state index in [1.165, 1.54) is 43.4 Å². The maximum Gasteiger partial charge on any atom is 0.124 e. The molecule has 0 bridgehead atoms. The summed E-state index contributed by atoms with van der Waals surface area (Å²) in [5, 5.41) is 4.37. The number of fused-ring (bicyclic) bond motifs is 1. The van der Waals surface area contributed by atoms with E-state index in [2.05, 4.69) is 39.0 Å². The molecule has 0 radical (unpaired) electrons. The number of rotatable bonds is 7. The number of imidazole rings is 1. The van der Waals surface area contributed by atoms with Crippen molar-refractivity contribution in [3.05, 3.63) is 64.9 Å². The lowest BCUT2D eigenvalue weighted by molar-refractivity contribution is 0.228. The van der Waals surface area contributed by atoms with E-state index in [0.29, 0.717) is 0 Å². The smallest absolute Gasteiger partial charge is 0.124 e. The summed E-state index contributed by atoms with van der Waals surface area (Å²) in [4.78, 5) is 7.43. The quantitative estimate of drug-likeness (QED) is 0.618. The minimum Gasteiger partial charge on any atom is -0.322 e. The highest BCUT2D eigenvalue weighted by Crippen LogP contribution is 2.19. The Bertz CT molecular complexity index is 883. The van der Waals surface area contributed by atoms with E-state index in [4.69, 9.17) is 16.6 Å². The highest BCUT2D eigenvalue weighted by Gasteiger charge is 2.12. The predicted molar refractivity (Wildman–Crippen MR) is 112 cm³/mol. The molecule has 0 unspecified atom stereocenters. The van der Waals surface area contributed by atoms with Gasteiger partial charge in [0.2, 0.25) is 0 Å². The molecule has 4 nitrogen and oxygen atoms in total. The molecule has 0 atom stereocenters. The van der Waals surface area contributed by atoms with E-state index >= 15 is 0 Å². The van der Waals surface area contributed by atoms with Crippen molar-refractivity contribution in [2.75, 3.05) is 26.2 Å². The highest BCUT2D eigenvalue weighted by molar-refractivity contribution is 6.30. The van der Waals surface area contributed by atoms with Gasteiger partial charge in [-0.1, -0.05) is 42.3 Å². The molecule has 3 aromatic rings. The second-order valence-electron chi connectivity index (χ2n) is 7.31. The van der Waals surface area contributed by atoms with Crippen LogP contribution in [0.5, 0.6) is 0 Å². The van der Waals surface area contributed by atoms with Gasteiger partial charge >= 0.3 is 0 Å². The maximum atomic E-state index is 6.18. The van der Waals surface area contributed by atoms with Gasteiger partial charge in [-0.2, -0.15) is 0 Å². The number of likely N-dealkylation sites (tertiary alicyclic amines) is 1. The van der Waals surface area contributed by atoms with Gasteiger partial charge in [-0.15, -0.1) is 0 Å². The molecule has 1 N–H and O–H groups in total. The highest BCUT2D eigenvalue weighted by atomic mass is 35.5. The average Bonchev–Trinajstić information content (AvgIpc) is 3.04. The van der Waals surface area contributed by atoms with Crippen LogP contribution in [0.2, 0.25) is 5.02 Å². The third kappa shape index (κ3) is 4.70. The van der Waals surface area contributed by atoms with Gasteiger partial charge in [0.25, 0.3) is 0 Å². The zero-order chi connectivity index (χ0) is 18.5. The molecule has 142 valence electrons. The number of hydrogen-bond acceptors (Lipinski definition) is 3. The summed E-state index contributed by atoms with van der Waals surface area (Å²) in [6.45, 7) is 6.17. The third-order valence-electron chi connectivity index (χ3n) is 5.30. The summed E-state index contributed by atoms with van der Waals surface area (Å²) in [6, 6.07) is 16.4. The SMILES string of the molecule is Clc1cccc(Cn2c(CNCCN3CCCCC3)nc3ccccc32)c1. The Morgan fingerprint density at radius 2 is 1.85 bits per heavy atom. The second kappa shape index (κ2) is 8.87. The van der Waals surface area contributed by atoms with Crippen molar-refractivity contribution in [3.63, 3.8) is 0 Å². The molecule has 0 aliphatic carbocycles. The molecule has 27 heavy (non-hydrogen) atoms. The Hall–Kier alpha value is -1.88. The largest absolute Gasteiger partial charge is 0.322 e. The fraction of sp³-hybridized carbons (Fsp3) is 0.409. The van der Waals surface area contributed by atoms with Gasteiger partial charge in [0.05, 0.1) is 17.6 Å². The van der Waals surface area contributed by atoms with E-state index in [1.807, 2.05) is 24.3 Å². The summed E-state index contributed by atoms with van der Waals surface area (Å²) in [5.74, 6) is 1.08. The van der Waals surface area contributed by atoms with Crippen LogP contribution in [0.15, 0.2) is 48.5 Å². The van der Waals surface area contributed by atoms with Gasteiger partial charge in [-0.05, 0) is 55.8 Å². The summed E-state index contributed by atoms with van der Waals surface area (Å²) in [5.41, 5.74) is 3.41. The van der Waals surface area contributed by atoms with Crippen LogP contribution in [0.3, 0.4) is 0 Å². The van der Waals surface area contributed by atoms with Crippen LogP contribution < -0.4 is 5.32 Å². The van der Waals surface area contributed by atoms with E-state index in [9.17, 15) is 0 Å². The topological polar surface area (TPSA) is 33.1 Å². The lowest BCUT2D eigenvalue weighted by Crippen LogP contribution is -2.35. The van der Waals surface area contributed by atoms with Crippen LogP contribution in [0.1, 0.15) is 30.7 Å². The molecule has 1 aliphatic heterocycles. The number of nitrogens with zero attached hydrogens (tertiary/aromatic N) is 3. The van der Waals surface area contributed by atoms with Crippen molar-refractivity contribution in [3.8, 4) is 0 Å². The third-order valence-corrected chi connectivity index (χ3v) is 5.54. The van der Waals surface area contributed by atoms with E-state index < -0.39 is 0 Å². The molecule has 1 aliphatic rings. The van der Waals surface area contributed by atoms with Crippen LogP contribution in [0, 0.1) is 0 Å². The van der Waals surface area contributed by atoms with Crippen molar-refractivity contribution in [2.45, 2.75) is 32.4 Å². The number of nitrogens with one attached hydrogen (secondary N) is 1. The van der Waals surface area contributed by atoms with Gasteiger partial charge in [0, 0.05) is 24.7 Å². The fourth-order valence-electron chi connectivity index (χ4n) is 3.88. The van der Waals surface area contributed by atoms with Gasteiger partial charge < -0.3 is 14.8 Å². The monoisotopic (exact) mass is 382 g/mol. The van der Waals surface area contributed by atoms with Crippen molar-refractivity contribution < 1.29 is 0 Å². The fourth-order valence-corrected chi connectivity index (χ4v) is 4.09. The average molecular weight is 383 g/mol. The molecule has 2 aromatic carbocycles. The first kappa shape index (κ1) is 18.5. The van der Waals surface area contributed by atoms with Crippen molar-refractivity contribution in [2.24, 2.45) is 0 Å². The molecule has 1 fully saturated rings. The Kier molecular flexibility index (Phi) is 6.07. The molecule has 0 saturated carbocycles. The molecule has 1 aromatic heterocycles. The summed E-state index contributed by atoms with van der Waals surface area (Å²) in [6.07, 6.45) is 4.07. The van der Waals surface area contributed by atoms with Crippen LogP contribution in [0.4, 0.5) is 0 Å². The van der Waals surface area contributed by atoms with E-state index in [1.54, 1.807) is 0 Å². The Labute approximate surface area is 166 Å². The molecule has 2 heterocycles. The summed E-state index contributed by atoms with van der Waals surface area (Å²) < 4.78 is 2.30. The van der Waals surface area contributed by atoms with Gasteiger partial charge in [0.1, 0.15) is 5.82 Å². The van der Waals surface area contributed by atoms with Gasteiger partial charge in [-0.3, -0.25) is 0 Å². The van der Waals surface area contributed by atoms with Gasteiger partial charge in [0.15, 0.2) is 0 Å². The Balaban J connectivity index is 1.46. The first-order chi connectivity index (χ1) is 13.3. The lowest BCUT2D eigenvalue weighted by Gasteiger charge is -2.26. The van der Waals surface area contributed by atoms with E-state index in [0.717, 1.165) is 42.5 Å². The minimum atomic E-state index is 0.776. The van der Waals surface area contributed by atoms with Gasteiger partial charge in [-0.25, -0.2) is 4.98 Å². The van der Waals surface area contributed by atoms with Crippen LogP contribution >= 0.6 is 11.6 Å².